The number of aliphatic hydroxyl groups excluding tert-OH is 2. The fraction of sp³-hybridized carbons (Fsp3) is 0.286. The molecule has 39 heavy (non-hydrogen) atoms. The van der Waals surface area contributed by atoms with Crippen molar-refractivity contribution in [2.75, 3.05) is 5.32 Å². The number of benzene rings is 1. The summed E-state index contributed by atoms with van der Waals surface area (Å²) in [6.45, 7) is 3.95. The molecule has 4 rings (SSSR count). The summed E-state index contributed by atoms with van der Waals surface area (Å²) in [7, 11) is 1.82. The van der Waals surface area contributed by atoms with E-state index in [0.29, 0.717) is 34.3 Å². The van der Waals surface area contributed by atoms with Gasteiger partial charge in [-0.2, -0.15) is 5.10 Å². The summed E-state index contributed by atoms with van der Waals surface area (Å²) in [5.74, 6) is -0.564. The lowest BCUT2D eigenvalue weighted by atomic mass is 9.97. The monoisotopic (exact) mass is 551 g/mol. The summed E-state index contributed by atoms with van der Waals surface area (Å²) in [4.78, 5) is 21.4. The molecule has 11 heteroatoms. The van der Waals surface area contributed by atoms with Crippen molar-refractivity contribution in [3.8, 4) is 21.8 Å². The quantitative estimate of drug-likeness (QED) is 0.200. The number of rotatable bonds is 11. The number of aliphatic carboxylic acids is 1. The maximum Gasteiger partial charge on any atom is 0.305 e. The topological polar surface area (TPSA) is 133 Å². The number of carbonyl (C=O) groups is 1. The van der Waals surface area contributed by atoms with Gasteiger partial charge >= 0.3 is 5.97 Å². The number of carboxylic acid groups (broad SMARTS) is 1. The second kappa shape index (κ2) is 12.3. The van der Waals surface area contributed by atoms with Gasteiger partial charge in [0.2, 0.25) is 5.95 Å². The molecule has 2 atom stereocenters. The molecule has 0 unspecified atom stereocenters. The zero-order valence-corrected chi connectivity index (χ0v) is 22.6. The third-order valence-electron chi connectivity index (χ3n) is 5.94. The van der Waals surface area contributed by atoms with Gasteiger partial charge in [0.25, 0.3) is 0 Å². The fourth-order valence-corrected chi connectivity index (χ4v) is 4.75. The summed E-state index contributed by atoms with van der Waals surface area (Å²) >= 11 is 1.59. The molecule has 0 saturated carbocycles. The van der Waals surface area contributed by atoms with Crippen LogP contribution in [0.3, 0.4) is 0 Å². The highest BCUT2D eigenvalue weighted by Crippen LogP contribution is 2.32. The van der Waals surface area contributed by atoms with Gasteiger partial charge in [0.05, 0.1) is 34.9 Å². The Balaban J connectivity index is 1.73. The van der Waals surface area contributed by atoms with E-state index in [9.17, 15) is 19.4 Å². The molecule has 1 aromatic carbocycles. The van der Waals surface area contributed by atoms with Gasteiger partial charge in [0.15, 0.2) is 0 Å². The Morgan fingerprint density at radius 1 is 1.18 bits per heavy atom. The average molecular weight is 552 g/mol. The predicted octanol–water partition coefficient (Wildman–Crippen LogP) is 5.21. The van der Waals surface area contributed by atoms with Gasteiger partial charge in [0, 0.05) is 30.7 Å². The van der Waals surface area contributed by atoms with Gasteiger partial charge < -0.3 is 20.6 Å². The molecule has 3 aromatic heterocycles. The minimum absolute atomic E-state index is 0.0460. The fourth-order valence-electron chi connectivity index (χ4n) is 4.07. The SMILES string of the molecule is CC(C)c1nc(Nc2cc(-c3cccs3)nn2C)nc(-c2ccc(F)cc2)c1/C=C/[C@@H](O)C[C@@H](O)CC(=O)O. The Morgan fingerprint density at radius 3 is 2.56 bits per heavy atom. The molecule has 0 fully saturated rings. The summed E-state index contributed by atoms with van der Waals surface area (Å²) in [5, 5.41) is 39.0. The van der Waals surface area contributed by atoms with Gasteiger partial charge in [-0.1, -0.05) is 32.1 Å². The number of carboxylic acids is 1. The summed E-state index contributed by atoms with van der Waals surface area (Å²) in [5.41, 5.74) is 3.29. The van der Waals surface area contributed by atoms with E-state index in [1.807, 2.05) is 44.5 Å². The van der Waals surface area contributed by atoms with E-state index in [2.05, 4.69) is 10.4 Å². The number of anilines is 2. The molecule has 4 aromatic rings. The molecule has 3 heterocycles. The largest absolute Gasteiger partial charge is 0.481 e. The molecule has 0 bridgehead atoms. The summed E-state index contributed by atoms with van der Waals surface area (Å²) in [6.07, 6.45) is 0.250. The number of aliphatic hydroxyl groups is 2. The van der Waals surface area contributed by atoms with Crippen LogP contribution in [0.4, 0.5) is 16.2 Å². The van der Waals surface area contributed by atoms with E-state index < -0.39 is 24.6 Å². The highest BCUT2D eigenvalue weighted by molar-refractivity contribution is 7.13. The highest BCUT2D eigenvalue weighted by atomic mass is 32.1. The van der Waals surface area contributed by atoms with Crippen LogP contribution >= 0.6 is 11.3 Å². The number of aromatic nitrogens is 4. The maximum atomic E-state index is 13.7. The van der Waals surface area contributed by atoms with Crippen molar-refractivity contribution in [2.45, 2.75) is 44.8 Å². The number of nitrogens with one attached hydrogen (secondary N) is 1. The number of aryl methyl sites for hydroxylation is 1. The summed E-state index contributed by atoms with van der Waals surface area (Å²) in [6, 6.07) is 11.8. The third kappa shape index (κ3) is 7.14. The molecule has 0 spiro atoms. The molecule has 0 saturated heterocycles. The van der Waals surface area contributed by atoms with Crippen LogP contribution in [0.2, 0.25) is 0 Å². The number of hydrogen-bond donors (Lipinski definition) is 4. The molecule has 0 amide bonds. The first kappa shape index (κ1) is 28.1. The lowest BCUT2D eigenvalue weighted by molar-refractivity contribution is -0.139. The minimum atomic E-state index is -1.19. The van der Waals surface area contributed by atoms with Gasteiger partial charge in [-0.3, -0.25) is 9.48 Å². The van der Waals surface area contributed by atoms with E-state index in [1.165, 1.54) is 18.2 Å². The maximum absolute atomic E-state index is 13.7. The molecule has 204 valence electrons. The number of hydrogen-bond acceptors (Lipinski definition) is 8. The number of nitrogens with zero attached hydrogens (tertiary/aromatic N) is 4. The van der Waals surface area contributed by atoms with Gasteiger partial charge in [-0.05, 0) is 41.6 Å². The standard InChI is InChI=1S/C28H30FN5O4S/c1-16(2)26-21(11-10-19(35)13-20(36)14-25(37)38)27(17-6-8-18(29)9-7-17)32-28(31-26)30-24-15-22(33-34(24)3)23-5-4-12-39-23/h4-12,15-16,19-20,35-36H,13-14H2,1-3H3,(H,37,38)(H,30,31,32)/b11-10+/t19-,20-/m1/s1. The van der Waals surface area contributed by atoms with Gasteiger partial charge in [-0.25, -0.2) is 14.4 Å². The number of halogens is 1. The predicted molar refractivity (Wildman–Crippen MR) is 149 cm³/mol. The minimum Gasteiger partial charge on any atom is -0.481 e. The Labute approximate surface area is 229 Å². The molecule has 4 N–H and O–H groups in total. The molecule has 0 radical (unpaired) electrons. The Kier molecular flexibility index (Phi) is 8.85. The Bertz CT molecular complexity index is 1450. The second-order valence-corrected chi connectivity index (χ2v) is 10.4. The first-order chi connectivity index (χ1) is 18.6. The first-order valence-corrected chi connectivity index (χ1v) is 13.3. The zero-order valence-electron chi connectivity index (χ0n) is 21.7. The van der Waals surface area contributed by atoms with E-state index >= 15 is 0 Å². The van der Waals surface area contributed by atoms with Crippen LogP contribution in [0.25, 0.3) is 27.9 Å². The number of thiophene rings is 1. The average Bonchev–Trinajstić information content (AvgIpc) is 3.53. The van der Waals surface area contributed by atoms with Crippen molar-refractivity contribution >= 4 is 35.1 Å². The molecule has 9 nitrogen and oxygen atoms in total. The van der Waals surface area contributed by atoms with Crippen molar-refractivity contribution in [3.05, 3.63) is 71.0 Å². The molecular weight excluding hydrogens is 521 g/mol. The molecule has 0 aliphatic rings. The van der Waals surface area contributed by atoms with Crippen LogP contribution < -0.4 is 5.32 Å². The van der Waals surface area contributed by atoms with E-state index in [1.54, 1.807) is 34.2 Å². The van der Waals surface area contributed by atoms with E-state index in [4.69, 9.17) is 15.1 Å². The Hall–Kier alpha value is -3.93. The molecule has 0 aliphatic heterocycles. The zero-order chi connectivity index (χ0) is 28.1. The van der Waals surface area contributed by atoms with Crippen molar-refractivity contribution < 1.29 is 24.5 Å². The molecular formula is C28H30FN5O4S. The van der Waals surface area contributed by atoms with Crippen molar-refractivity contribution in [1.29, 1.82) is 0 Å². The van der Waals surface area contributed by atoms with Crippen molar-refractivity contribution in [3.63, 3.8) is 0 Å². The van der Waals surface area contributed by atoms with Crippen molar-refractivity contribution in [1.82, 2.24) is 19.7 Å². The van der Waals surface area contributed by atoms with Crippen LogP contribution in [0.15, 0.2) is 53.9 Å². The second-order valence-electron chi connectivity index (χ2n) is 9.41. The lowest BCUT2D eigenvalue weighted by Gasteiger charge is -2.17. The van der Waals surface area contributed by atoms with Crippen LogP contribution in [0, 0.1) is 5.82 Å². The smallest absolute Gasteiger partial charge is 0.305 e. The van der Waals surface area contributed by atoms with E-state index in [-0.39, 0.29) is 18.2 Å². The Morgan fingerprint density at radius 2 is 1.92 bits per heavy atom. The normalized spacial score (nSPS) is 13.2. The highest BCUT2D eigenvalue weighted by Gasteiger charge is 2.19. The van der Waals surface area contributed by atoms with Crippen LogP contribution in [-0.4, -0.2) is 53.2 Å². The van der Waals surface area contributed by atoms with Crippen molar-refractivity contribution in [2.24, 2.45) is 7.05 Å². The molecule has 0 aliphatic carbocycles. The van der Waals surface area contributed by atoms with Gasteiger partial charge in [0.1, 0.15) is 17.3 Å². The third-order valence-corrected chi connectivity index (χ3v) is 6.83. The van der Waals surface area contributed by atoms with Crippen LogP contribution in [-0.2, 0) is 11.8 Å². The first-order valence-electron chi connectivity index (χ1n) is 12.4. The van der Waals surface area contributed by atoms with Crippen LogP contribution in [0.1, 0.15) is 43.9 Å². The lowest BCUT2D eigenvalue weighted by Crippen LogP contribution is -2.19. The van der Waals surface area contributed by atoms with Gasteiger partial charge in [-0.15, -0.1) is 11.3 Å². The van der Waals surface area contributed by atoms with E-state index in [0.717, 1.165) is 10.6 Å². The summed E-state index contributed by atoms with van der Waals surface area (Å²) < 4.78 is 15.4. The van der Waals surface area contributed by atoms with Crippen LogP contribution in [0.5, 0.6) is 0 Å².